The van der Waals surface area contributed by atoms with E-state index in [4.69, 9.17) is 4.42 Å². The minimum atomic E-state index is 0.614. The Kier molecular flexibility index (Phi) is 3.78. The molecule has 0 fully saturated rings. The molecule has 2 heterocycles. The first-order valence-electron chi connectivity index (χ1n) is 9.99. The topological polar surface area (TPSA) is 31.0 Å². The fourth-order valence-corrected chi connectivity index (χ4v) is 4.08. The van der Waals surface area contributed by atoms with Crippen LogP contribution in [0.1, 0.15) is 11.5 Å². The smallest absolute Gasteiger partial charge is 0.220 e. The van der Waals surface area contributed by atoms with Crippen LogP contribution in [0.4, 0.5) is 0 Å². The molecule has 4 aromatic carbocycles. The maximum absolute atomic E-state index is 5.81. The number of para-hydroxylation sites is 4. The van der Waals surface area contributed by atoms with Gasteiger partial charge in [-0.3, -0.25) is 0 Å². The summed E-state index contributed by atoms with van der Waals surface area (Å²) >= 11 is 0. The highest BCUT2D eigenvalue weighted by Gasteiger charge is 2.11. The summed E-state index contributed by atoms with van der Waals surface area (Å²) in [6, 6.07) is 33.4. The molecule has 30 heavy (non-hydrogen) atoms. The lowest BCUT2D eigenvalue weighted by molar-refractivity contribution is 0.590. The van der Waals surface area contributed by atoms with Gasteiger partial charge in [-0.05, 0) is 54.1 Å². The summed E-state index contributed by atoms with van der Waals surface area (Å²) in [5.74, 6) is 0.614. The minimum Gasteiger partial charge on any atom is -0.437 e. The number of hydrogen-bond donors (Lipinski definition) is 0. The molecule has 6 aromatic rings. The highest BCUT2D eigenvalue weighted by molar-refractivity contribution is 6.09. The molecule has 0 saturated heterocycles. The van der Waals surface area contributed by atoms with Gasteiger partial charge in [0.2, 0.25) is 5.89 Å². The minimum absolute atomic E-state index is 0.614. The van der Waals surface area contributed by atoms with Crippen molar-refractivity contribution in [3.8, 4) is 5.69 Å². The molecule has 0 atom stereocenters. The SMILES string of the molecule is C(=C\c1nc2ccccc2o1)/c1ccc2c(c1)c1ccccc1n2-c1ccccc1. The lowest BCUT2D eigenvalue weighted by Crippen LogP contribution is -1.92. The molecule has 0 bridgehead atoms. The summed E-state index contributed by atoms with van der Waals surface area (Å²) in [7, 11) is 0. The van der Waals surface area contributed by atoms with E-state index in [0.29, 0.717) is 5.89 Å². The Morgan fingerprint density at radius 3 is 2.33 bits per heavy atom. The van der Waals surface area contributed by atoms with E-state index >= 15 is 0 Å². The van der Waals surface area contributed by atoms with Crippen molar-refractivity contribution in [1.29, 1.82) is 0 Å². The van der Waals surface area contributed by atoms with Gasteiger partial charge < -0.3 is 8.98 Å². The van der Waals surface area contributed by atoms with Gasteiger partial charge in [0, 0.05) is 22.5 Å². The molecule has 0 spiro atoms. The predicted molar refractivity (Wildman–Crippen MR) is 124 cm³/mol. The molecule has 6 rings (SSSR count). The van der Waals surface area contributed by atoms with Crippen LogP contribution in [0, 0.1) is 0 Å². The fraction of sp³-hybridized carbons (Fsp3) is 0. The summed E-state index contributed by atoms with van der Waals surface area (Å²) < 4.78 is 8.13. The lowest BCUT2D eigenvalue weighted by atomic mass is 10.1. The number of rotatable bonds is 3. The van der Waals surface area contributed by atoms with E-state index in [-0.39, 0.29) is 0 Å². The maximum Gasteiger partial charge on any atom is 0.220 e. The lowest BCUT2D eigenvalue weighted by Gasteiger charge is -2.07. The Morgan fingerprint density at radius 1 is 0.667 bits per heavy atom. The first-order valence-corrected chi connectivity index (χ1v) is 9.99. The second-order valence-electron chi connectivity index (χ2n) is 7.32. The Morgan fingerprint density at radius 2 is 1.43 bits per heavy atom. The highest BCUT2D eigenvalue weighted by atomic mass is 16.3. The van der Waals surface area contributed by atoms with Crippen LogP contribution in [-0.4, -0.2) is 9.55 Å². The summed E-state index contributed by atoms with van der Waals surface area (Å²) in [4.78, 5) is 4.53. The molecular weight excluding hydrogens is 368 g/mol. The van der Waals surface area contributed by atoms with Crippen molar-refractivity contribution in [2.75, 3.05) is 0 Å². The van der Waals surface area contributed by atoms with E-state index in [9.17, 15) is 0 Å². The van der Waals surface area contributed by atoms with Gasteiger partial charge in [-0.1, -0.05) is 54.6 Å². The van der Waals surface area contributed by atoms with Gasteiger partial charge in [-0.2, -0.15) is 0 Å². The van der Waals surface area contributed by atoms with Crippen LogP contribution in [-0.2, 0) is 0 Å². The van der Waals surface area contributed by atoms with Crippen molar-refractivity contribution in [3.05, 3.63) is 109 Å². The summed E-state index contributed by atoms with van der Waals surface area (Å²) in [6.07, 6.45) is 3.98. The van der Waals surface area contributed by atoms with Crippen molar-refractivity contribution in [3.63, 3.8) is 0 Å². The molecule has 0 radical (unpaired) electrons. The number of fused-ring (bicyclic) bond motifs is 4. The van der Waals surface area contributed by atoms with Gasteiger partial charge in [0.15, 0.2) is 5.58 Å². The molecule has 3 heteroatoms. The zero-order valence-electron chi connectivity index (χ0n) is 16.2. The molecule has 142 valence electrons. The molecule has 0 N–H and O–H groups in total. The van der Waals surface area contributed by atoms with Gasteiger partial charge in [0.1, 0.15) is 5.52 Å². The van der Waals surface area contributed by atoms with Crippen molar-refractivity contribution in [2.45, 2.75) is 0 Å². The number of benzene rings is 4. The molecule has 0 amide bonds. The van der Waals surface area contributed by atoms with Crippen molar-refractivity contribution < 1.29 is 4.42 Å². The van der Waals surface area contributed by atoms with Gasteiger partial charge in [-0.15, -0.1) is 0 Å². The molecule has 0 saturated carbocycles. The molecule has 0 aliphatic rings. The monoisotopic (exact) mass is 386 g/mol. The third-order valence-corrected chi connectivity index (χ3v) is 5.44. The first kappa shape index (κ1) is 16.8. The van der Waals surface area contributed by atoms with Crippen LogP contribution in [0.5, 0.6) is 0 Å². The Bertz CT molecular complexity index is 1500. The average Bonchev–Trinajstić information content (AvgIpc) is 3.37. The van der Waals surface area contributed by atoms with Gasteiger partial charge >= 0.3 is 0 Å². The number of aromatic nitrogens is 2. The third kappa shape index (κ3) is 2.72. The van der Waals surface area contributed by atoms with E-state index in [1.54, 1.807) is 0 Å². The summed E-state index contributed by atoms with van der Waals surface area (Å²) in [6.45, 7) is 0. The van der Waals surface area contributed by atoms with E-state index in [2.05, 4.69) is 82.4 Å². The highest BCUT2D eigenvalue weighted by Crippen LogP contribution is 2.32. The van der Waals surface area contributed by atoms with Crippen LogP contribution >= 0.6 is 0 Å². The second-order valence-corrected chi connectivity index (χ2v) is 7.32. The van der Waals surface area contributed by atoms with E-state index in [0.717, 1.165) is 16.7 Å². The van der Waals surface area contributed by atoms with E-state index < -0.39 is 0 Å². The fourth-order valence-electron chi connectivity index (χ4n) is 4.08. The van der Waals surface area contributed by atoms with Crippen LogP contribution in [0.2, 0.25) is 0 Å². The largest absolute Gasteiger partial charge is 0.437 e. The zero-order chi connectivity index (χ0) is 19.9. The standard InChI is InChI=1S/C27H18N2O/c1-2-8-20(9-3-1)29-24-12-6-4-10-21(24)22-18-19(14-16-25(22)29)15-17-27-28-23-11-5-7-13-26(23)30-27/h1-18H/b17-15+. The van der Waals surface area contributed by atoms with Gasteiger partial charge in [0.25, 0.3) is 0 Å². The predicted octanol–water partition coefficient (Wildman–Crippen LogP) is 7.10. The second kappa shape index (κ2) is 6.75. The maximum atomic E-state index is 5.81. The molecule has 2 aromatic heterocycles. The first-order chi connectivity index (χ1) is 14.9. The molecule has 3 nitrogen and oxygen atoms in total. The summed E-state index contributed by atoms with van der Waals surface area (Å²) in [5.41, 5.74) is 6.36. The Labute approximate surface area is 173 Å². The van der Waals surface area contributed by atoms with Gasteiger partial charge in [-0.25, -0.2) is 4.98 Å². The Hall–Kier alpha value is -4.11. The van der Waals surface area contributed by atoms with Crippen LogP contribution in [0.3, 0.4) is 0 Å². The molecule has 0 aliphatic carbocycles. The van der Waals surface area contributed by atoms with Crippen molar-refractivity contribution >= 4 is 45.1 Å². The number of oxazole rings is 1. The van der Waals surface area contributed by atoms with Crippen molar-refractivity contribution in [1.82, 2.24) is 9.55 Å². The number of hydrogen-bond acceptors (Lipinski definition) is 2. The van der Waals surface area contributed by atoms with Crippen LogP contribution < -0.4 is 0 Å². The molecule has 0 aliphatic heterocycles. The molecule has 0 unspecified atom stereocenters. The normalized spacial score (nSPS) is 11.9. The third-order valence-electron chi connectivity index (χ3n) is 5.44. The van der Waals surface area contributed by atoms with Crippen LogP contribution in [0.25, 0.3) is 50.7 Å². The van der Waals surface area contributed by atoms with E-state index in [1.807, 2.05) is 36.4 Å². The van der Waals surface area contributed by atoms with E-state index in [1.165, 1.54) is 27.5 Å². The quantitative estimate of drug-likeness (QED) is 0.325. The average molecular weight is 386 g/mol. The van der Waals surface area contributed by atoms with Crippen molar-refractivity contribution in [2.24, 2.45) is 0 Å². The molecular formula is C27H18N2O. The number of nitrogens with zero attached hydrogens (tertiary/aromatic N) is 2. The van der Waals surface area contributed by atoms with Gasteiger partial charge in [0.05, 0.1) is 11.0 Å². The summed E-state index contributed by atoms with van der Waals surface area (Å²) in [5, 5.41) is 2.47. The Balaban J connectivity index is 1.48. The van der Waals surface area contributed by atoms with Crippen LogP contribution in [0.15, 0.2) is 101 Å². The zero-order valence-corrected chi connectivity index (χ0v) is 16.2.